The number of hydrogen-bond acceptors (Lipinski definition) is 6. The van der Waals surface area contributed by atoms with E-state index < -0.39 is 0 Å². The van der Waals surface area contributed by atoms with Gasteiger partial charge < -0.3 is 9.42 Å². The number of fused-ring (bicyclic) bond motifs is 1. The van der Waals surface area contributed by atoms with Crippen LogP contribution in [0.5, 0.6) is 0 Å². The summed E-state index contributed by atoms with van der Waals surface area (Å²) in [5.41, 5.74) is 4.11. The van der Waals surface area contributed by atoms with E-state index in [1.54, 1.807) is 0 Å². The molecule has 0 N–H and O–H groups in total. The Bertz CT molecular complexity index is 1000. The molecular weight excluding hydrogens is 354 g/mol. The van der Waals surface area contributed by atoms with Gasteiger partial charge in [-0.1, -0.05) is 5.16 Å². The van der Waals surface area contributed by atoms with Crippen LogP contribution in [0, 0.1) is 6.92 Å². The number of aromatic nitrogens is 3. The molecule has 1 saturated heterocycles. The lowest BCUT2D eigenvalue weighted by Gasteiger charge is -2.35. The van der Waals surface area contributed by atoms with Crippen molar-refractivity contribution in [2.45, 2.75) is 32.2 Å². The third-order valence-corrected chi connectivity index (χ3v) is 5.68. The van der Waals surface area contributed by atoms with Crippen molar-refractivity contribution in [2.24, 2.45) is 0 Å². The molecule has 5 rings (SSSR count). The predicted molar refractivity (Wildman–Crippen MR) is 104 cm³/mol. The van der Waals surface area contributed by atoms with E-state index >= 15 is 0 Å². The van der Waals surface area contributed by atoms with Gasteiger partial charge in [-0.3, -0.25) is 14.7 Å². The van der Waals surface area contributed by atoms with Crippen LogP contribution in [-0.2, 0) is 6.54 Å². The first kappa shape index (κ1) is 17.3. The number of rotatable bonds is 4. The van der Waals surface area contributed by atoms with E-state index in [4.69, 9.17) is 4.52 Å². The van der Waals surface area contributed by atoms with Gasteiger partial charge in [-0.2, -0.15) is 0 Å². The lowest BCUT2D eigenvalue weighted by Crippen LogP contribution is -2.48. The lowest BCUT2D eigenvalue weighted by atomic mass is 10.1. The lowest BCUT2D eigenvalue weighted by molar-refractivity contribution is 0.0630. The van der Waals surface area contributed by atoms with Gasteiger partial charge in [0.1, 0.15) is 0 Å². The molecule has 0 spiro atoms. The van der Waals surface area contributed by atoms with Crippen molar-refractivity contribution in [3.63, 3.8) is 0 Å². The number of carbonyl (C=O) groups excluding carboxylic acids is 1. The average molecular weight is 377 g/mol. The number of carbonyl (C=O) groups is 1. The van der Waals surface area contributed by atoms with Gasteiger partial charge in [-0.05, 0) is 43.5 Å². The van der Waals surface area contributed by atoms with Gasteiger partial charge in [-0.25, -0.2) is 4.98 Å². The fraction of sp³-hybridized carbons (Fsp3) is 0.429. The van der Waals surface area contributed by atoms with Crippen LogP contribution >= 0.6 is 0 Å². The highest BCUT2D eigenvalue weighted by molar-refractivity contribution is 6.06. The van der Waals surface area contributed by atoms with E-state index in [-0.39, 0.29) is 5.91 Å². The molecule has 3 aromatic heterocycles. The van der Waals surface area contributed by atoms with E-state index in [1.165, 1.54) is 5.56 Å². The van der Waals surface area contributed by atoms with Crippen molar-refractivity contribution in [1.29, 1.82) is 0 Å². The number of nitrogens with zero attached hydrogens (tertiary/aromatic N) is 5. The van der Waals surface area contributed by atoms with Crippen molar-refractivity contribution in [3.05, 3.63) is 53.1 Å². The molecule has 1 aliphatic heterocycles. The molecule has 7 heteroatoms. The second-order valence-corrected chi connectivity index (χ2v) is 7.74. The molecule has 0 radical (unpaired) electrons. The van der Waals surface area contributed by atoms with Crippen LogP contribution in [0.2, 0.25) is 0 Å². The minimum atomic E-state index is 0.0594. The predicted octanol–water partition coefficient (Wildman–Crippen LogP) is 2.76. The number of piperazine rings is 1. The van der Waals surface area contributed by atoms with Crippen LogP contribution in [0.1, 0.15) is 46.1 Å². The maximum absolute atomic E-state index is 13.3. The van der Waals surface area contributed by atoms with Crippen LogP contribution in [0.4, 0.5) is 0 Å². The zero-order valence-electron chi connectivity index (χ0n) is 16.0. The molecule has 0 bridgehead atoms. The first-order valence-corrected chi connectivity index (χ1v) is 9.86. The normalized spacial score (nSPS) is 18.0. The molecular formula is C21H23N5O2. The van der Waals surface area contributed by atoms with E-state index in [1.807, 2.05) is 42.4 Å². The molecule has 4 heterocycles. The van der Waals surface area contributed by atoms with Crippen LogP contribution < -0.4 is 0 Å². The highest BCUT2D eigenvalue weighted by Gasteiger charge is 2.30. The van der Waals surface area contributed by atoms with Gasteiger partial charge in [0.25, 0.3) is 11.6 Å². The quantitative estimate of drug-likeness (QED) is 0.696. The fourth-order valence-corrected chi connectivity index (χ4v) is 3.90. The number of pyridine rings is 2. The molecule has 2 aliphatic rings. The zero-order chi connectivity index (χ0) is 19.1. The van der Waals surface area contributed by atoms with E-state index in [0.29, 0.717) is 17.2 Å². The van der Waals surface area contributed by atoms with Crippen LogP contribution in [0.25, 0.3) is 11.1 Å². The van der Waals surface area contributed by atoms with Gasteiger partial charge in [-0.15, -0.1) is 0 Å². The molecule has 0 aromatic carbocycles. The summed E-state index contributed by atoms with van der Waals surface area (Å²) in [5.74, 6) is 0.516. The summed E-state index contributed by atoms with van der Waals surface area (Å²) in [4.78, 5) is 26.3. The SMILES string of the molecule is Cc1noc2nc(C3CC3)cc(C(=O)N3CCN(Cc4ccncc4)CC3)c12. The Kier molecular flexibility index (Phi) is 4.31. The molecule has 144 valence electrons. The zero-order valence-corrected chi connectivity index (χ0v) is 16.0. The van der Waals surface area contributed by atoms with Crippen LogP contribution in [0.3, 0.4) is 0 Å². The minimum Gasteiger partial charge on any atom is -0.336 e. The summed E-state index contributed by atoms with van der Waals surface area (Å²) in [6.07, 6.45) is 5.91. The van der Waals surface area contributed by atoms with Crippen molar-refractivity contribution >= 4 is 17.0 Å². The van der Waals surface area contributed by atoms with Crippen molar-refractivity contribution in [3.8, 4) is 0 Å². The maximum atomic E-state index is 13.3. The minimum absolute atomic E-state index is 0.0594. The molecule has 1 amide bonds. The third kappa shape index (κ3) is 3.26. The van der Waals surface area contributed by atoms with Gasteiger partial charge in [0, 0.05) is 56.7 Å². The standard InChI is InChI=1S/C21H23N5O2/c1-14-19-17(12-18(16-2-3-16)23-20(19)28-24-14)21(27)26-10-8-25(9-11-26)13-15-4-6-22-7-5-15/h4-7,12,16H,2-3,8-11,13H2,1H3. The fourth-order valence-electron chi connectivity index (χ4n) is 3.90. The molecule has 2 fully saturated rings. The molecule has 0 unspecified atom stereocenters. The van der Waals surface area contributed by atoms with Crippen molar-refractivity contribution in [2.75, 3.05) is 26.2 Å². The summed E-state index contributed by atoms with van der Waals surface area (Å²) in [7, 11) is 0. The number of hydrogen-bond donors (Lipinski definition) is 0. The first-order chi connectivity index (χ1) is 13.7. The smallest absolute Gasteiger partial charge is 0.259 e. The Morgan fingerprint density at radius 3 is 2.64 bits per heavy atom. The van der Waals surface area contributed by atoms with Crippen molar-refractivity contribution < 1.29 is 9.32 Å². The number of amides is 1. The first-order valence-electron chi connectivity index (χ1n) is 9.86. The van der Waals surface area contributed by atoms with Crippen LogP contribution in [0.15, 0.2) is 35.1 Å². The molecule has 28 heavy (non-hydrogen) atoms. The van der Waals surface area contributed by atoms with E-state index in [0.717, 1.165) is 62.3 Å². The second kappa shape index (κ2) is 6.98. The Hall–Kier alpha value is -2.80. The molecule has 1 saturated carbocycles. The third-order valence-electron chi connectivity index (χ3n) is 5.68. The summed E-state index contributed by atoms with van der Waals surface area (Å²) in [6, 6.07) is 6.05. The largest absolute Gasteiger partial charge is 0.336 e. The van der Waals surface area contributed by atoms with E-state index in [2.05, 4.69) is 20.0 Å². The Balaban J connectivity index is 1.34. The topological polar surface area (TPSA) is 75.4 Å². The molecule has 0 atom stereocenters. The highest BCUT2D eigenvalue weighted by Crippen LogP contribution is 2.40. The monoisotopic (exact) mass is 377 g/mol. The summed E-state index contributed by atoms with van der Waals surface area (Å²) < 4.78 is 5.38. The Morgan fingerprint density at radius 2 is 1.93 bits per heavy atom. The van der Waals surface area contributed by atoms with Gasteiger partial charge in [0.05, 0.1) is 16.6 Å². The van der Waals surface area contributed by atoms with Gasteiger partial charge >= 0.3 is 0 Å². The van der Waals surface area contributed by atoms with Crippen LogP contribution in [-0.4, -0.2) is 57.0 Å². The number of aryl methyl sites for hydroxylation is 1. The Labute approximate surface area is 163 Å². The maximum Gasteiger partial charge on any atom is 0.259 e. The highest BCUT2D eigenvalue weighted by atomic mass is 16.5. The van der Waals surface area contributed by atoms with Gasteiger partial charge in [0.2, 0.25) is 0 Å². The Morgan fingerprint density at radius 1 is 1.18 bits per heavy atom. The van der Waals surface area contributed by atoms with Gasteiger partial charge in [0.15, 0.2) is 0 Å². The summed E-state index contributed by atoms with van der Waals surface area (Å²) >= 11 is 0. The molecule has 7 nitrogen and oxygen atoms in total. The van der Waals surface area contributed by atoms with E-state index in [9.17, 15) is 4.79 Å². The summed E-state index contributed by atoms with van der Waals surface area (Å²) in [5, 5.41) is 4.80. The second-order valence-electron chi connectivity index (χ2n) is 7.74. The molecule has 1 aliphatic carbocycles. The molecule has 3 aromatic rings. The average Bonchev–Trinajstić information content (AvgIpc) is 3.52. The van der Waals surface area contributed by atoms with Crippen molar-refractivity contribution in [1.82, 2.24) is 24.9 Å². The summed E-state index contributed by atoms with van der Waals surface area (Å²) in [6.45, 7) is 5.92.